The van der Waals surface area contributed by atoms with E-state index in [9.17, 15) is 9.59 Å². The first-order chi connectivity index (χ1) is 19.3. The Morgan fingerprint density at radius 3 is 2.70 bits per heavy atom. The number of nitrogens with one attached hydrogen (secondary N) is 1. The van der Waals surface area contributed by atoms with Crippen LogP contribution in [0.3, 0.4) is 0 Å². The number of anilines is 1. The van der Waals surface area contributed by atoms with Gasteiger partial charge in [-0.2, -0.15) is 5.10 Å². The number of nitrogens with zero attached hydrogens (tertiary/aromatic N) is 5. The van der Waals surface area contributed by atoms with Crippen molar-refractivity contribution in [3.63, 3.8) is 0 Å². The number of carbonyl (C=O) groups is 2. The number of nitrogen functional groups attached to an aromatic ring is 1. The van der Waals surface area contributed by atoms with E-state index in [4.69, 9.17) is 25.0 Å². The predicted octanol–water partition coefficient (Wildman–Crippen LogP) is 4.99. The normalized spacial score (nSPS) is 11.3. The third kappa shape index (κ3) is 6.27. The fraction of sp³-hybridized carbons (Fsp3) is 0.464. The standard InChI is InChI=1S/C28H37N7O5/c1-5-6-14-39-28(37)35-20(15-19-10-9-11-21(38-4)24(19)35)23-22-25(29)31-17-32-26(22)34(33-23)13-8-7-12-30-27(36)40-16-18(2)3/h9-11,15,17-18H,5-8,12-14,16H2,1-4H3,(H,30,36)(H2,29,31,32). The average molecular weight is 552 g/mol. The topological polar surface area (TPSA) is 148 Å². The van der Waals surface area contributed by atoms with Gasteiger partial charge in [-0.25, -0.2) is 28.8 Å². The minimum Gasteiger partial charge on any atom is -0.495 e. The van der Waals surface area contributed by atoms with Crippen LogP contribution in [0.2, 0.25) is 0 Å². The van der Waals surface area contributed by atoms with Crippen LogP contribution in [0.4, 0.5) is 15.4 Å². The Kier molecular flexibility index (Phi) is 9.41. The second-order valence-corrected chi connectivity index (χ2v) is 9.89. The van der Waals surface area contributed by atoms with E-state index in [-0.39, 0.29) is 11.7 Å². The zero-order chi connectivity index (χ0) is 28.6. The summed E-state index contributed by atoms with van der Waals surface area (Å²) in [5.41, 5.74) is 8.42. The van der Waals surface area contributed by atoms with Gasteiger partial charge in [0.2, 0.25) is 0 Å². The quantitative estimate of drug-likeness (QED) is 0.232. The summed E-state index contributed by atoms with van der Waals surface area (Å²) in [5.74, 6) is 1.06. The molecule has 0 fully saturated rings. The van der Waals surface area contributed by atoms with Gasteiger partial charge in [0.1, 0.15) is 29.1 Å². The lowest BCUT2D eigenvalue weighted by molar-refractivity contribution is 0.133. The monoisotopic (exact) mass is 551 g/mol. The molecular weight excluding hydrogens is 514 g/mol. The highest BCUT2D eigenvalue weighted by Gasteiger charge is 2.26. The fourth-order valence-corrected chi connectivity index (χ4v) is 4.36. The van der Waals surface area contributed by atoms with E-state index in [1.807, 2.05) is 39.0 Å². The van der Waals surface area contributed by atoms with Crippen LogP contribution in [0.25, 0.3) is 33.3 Å². The number of para-hydroxylation sites is 1. The van der Waals surface area contributed by atoms with Gasteiger partial charge >= 0.3 is 12.2 Å². The highest BCUT2D eigenvalue weighted by molar-refractivity contribution is 6.04. The molecule has 4 aromatic rings. The molecule has 0 unspecified atom stereocenters. The first kappa shape index (κ1) is 28.7. The van der Waals surface area contributed by atoms with Crippen LogP contribution in [0.5, 0.6) is 5.75 Å². The largest absolute Gasteiger partial charge is 0.495 e. The van der Waals surface area contributed by atoms with Crippen LogP contribution in [-0.2, 0) is 16.0 Å². The van der Waals surface area contributed by atoms with Crippen LogP contribution in [-0.4, -0.2) is 63.4 Å². The molecule has 0 spiro atoms. The molecule has 12 nitrogen and oxygen atoms in total. The minimum absolute atomic E-state index is 0.254. The van der Waals surface area contributed by atoms with Gasteiger partial charge in [0, 0.05) is 18.5 Å². The SMILES string of the molecule is CCCCOC(=O)n1c(-c2nn(CCCCNC(=O)OCC(C)C)c3ncnc(N)c23)cc2cccc(OC)c21. The Balaban J connectivity index is 1.65. The molecule has 1 aromatic carbocycles. The molecule has 40 heavy (non-hydrogen) atoms. The second-order valence-electron chi connectivity index (χ2n) is 9.89. The molecule has 0 saturated heterocycles. The molecule has 214 valence electrons. The van der Waals surface area contributed by atoms with E-state index >= 15 is 0 Å². The van der Waals surface area contributed by atoms with Gasteiger partial charge in [0.05, 0.1) is 31.4 Å². The molecule has 0 aliphatic carbocycles. The summed E-state index contributed by atoms with van der Waals surface area (Å²) in [5, 5.41) is 8.94. The summed E-state index contributed by atoms with van der Waals surface area (Å²) in [6.07, 6.45) is 3.50. The number of aryl methyl sites for hydroxylation is 1. The van der Waals surface area contributed by atoms with Crippen molar-refractivity contribution in [1.29, 1.82) is 0 Å². The van der Waals surface area contributed by atoms with Crippen LogP contribution in [0.1, 0.15) is 46.5 Å². The maximum atomic E-state index is 13.4. The zero-order valence-corrected chi connectivity index (χ0v) is 23.5. The number of ether oxygens (including phenoxy) is 3. The van der Waals surface area contributed by atoms with Crippen molar-refractivity contribution >= 4 is 39.9 Å². The Hall–Kier alpha value is -4.35. The van der Waals surface area contributed by atoms with Crippen molar-refractivity contribution in [2.45, 2.75) is 53.0 Å². The van der Waals surface area contributed by atoms with Crippen molar-refractivity contribution in [2.75, 3.05) is 32.6 Å². The fourth-order valence-electron chi connectivity index (χ4n) is 4.36. The Labute approximate surface area is 232 Å². The van der Waals surface area contributed by atoms with Gasteiger partial charge in [-0.05, 0) is 37.3 Å². The number of hydrogen-bond acceptors (Lipinski definition) is 9. The van der Waals surface area contributed by atoms with E-state index in [1.54, 1.807) is 17.9 Å². The average Bonchev–Trinajstić information content (AvgIpc) is 3.51. The van der Waals surface area contributed by atoms with Crippen molar-refractivity contribution in [2.24, 2.45) is 5.92 Å². The van der Waals surface area contributed by atoms with E-state index in [0.29, 0.717) is 72.8 Å². The van der Waals surface area contributed by atoms with Crippen LogP contribution >= 0.6 is 0 Å². The highest BCUT2D eigenvalue weighted by Crippen LogP contribution is 2.37. The van der Waals surface area contributed by atoms with E-state index in [0.717, 1.165) is 18.2 Å². The summed E-state index contributed by atoms with van der Waals surface area (Å²) in [6, 6.07) is 7.42. The smallest absolute Gasteiger partial charge is 0.419 e. The predicted molar refractivity (Wildman–Crippen MR) is 152 cm³/mol. The van der Waals surface area contributed by atoms with Crippen molar-refractivity contribution in [3.8, 4) is 17.1 Å². The molecule has 0 aliphatic rings. The van der Waals surface area contributed by atoms with Gasteiger partial charge in [-0.3, -0.25) is 0 Å². The van der Waals surface area contributed by atoms with Gasteiger partial charge < -0.3 is 25.3 Å². The lowest BCUT2D eigenvalue weighted by Crippen LogP contribution is -2.26. The Morgan fingerprint density at radius 2 is 1.95 bits per heavy atom. The number of fused-ring (bicyclic) bond motifs is 2. The molecule has 12 heteroatoms. The number of hydrogen-bond donors (Lipinski definition) is 2. The number of nitrogens with two attached hydrogens (primary N) is 1. The molecule has 3 N–H and O–H groups in total. The number of methoxy groups -OCH3 is 1. The number of aromatic nitrogens is 5. The van der Waals surface area contributed by atoms with E-state index in [1.165, 1.54) is 10.9 Å². The van der Waals surface area contributed by atoms with E-state index < -0.39 is 12.2 Å². The number of rotatable bonds is 12. The molecule has 4 rings (SSSR count). The number of amides is 1. The van der Waals surface area contributed by atoms with Gasteiger partial charge in [-0.15, -0.1) is 0 Å². The maximum Gasteiger partial charge on any atom is 0.419 e. The van der Waals surface area contributed by atoms with Gasteiger partial charge in [0.15, 0.2) is 5.65 Å². The van der Waals surface area contributed by atoms with Crippen molar-refractivity contribution < 1.29 is 23.8 Å². The molecule has 1 amide bonds. The second kappa shape index (κ2) is 13.1. The summed E-state index contributed by atoms with van der Waals surface area (Å²) in [4.78, 5) is 33.9. The van der Waals surface area contributed by atoms with Crippen LogP contribution in [0, 0.1) is 5.92 Å². The molecule has 0 radical (unpaired) electrons. The summed E-state index contributed by atoms with van der Waals surface area (Å²) < 4.78 is 19.6. The minimum atomic E-state index is -0.531. The van der Waals surface area contributed by atoms with Crippen molar-refractivity contribution in [1.82, 2.24) is 29.6 Å². The van der Waals surface area contributed by atoms with Gasteiger partial charge in [-0.1, -0.05) is 39.3 Å². The summed E-state index contributed by atoms with van der Waals surface area (Å²) in [7, 11) is 1.56. The Morgan fingerprint density at radius 1 is 1.12 bits per heavy atom. The number of carbonyl (C=O) groups excluding carboxylic acids is 2. The summed E-state index contributed by atoms with van der Waals surface area (Å²) >= 11 is 0. The highest BCUT2D eigenvalue weighted by atomic mass is 16.6. The number of alkyl carbamates (subject to hydrolysis) is 1. The van der Waals surface area contributed by atoms with Crippen molar-refractivity contribution in [3.05, 3.63) is 30.6 Å². The molecule has 0 atom stereocenters. The third-order valence-corrected chi connectivity index (χ3v) is 6.33. The molecule has 3 heterocycles. The Bertz CT molecular complexity index is 1480. The first-order valence-electron chi connectivity index (χ1n) is 13.6. The molecule has 0 bridgehead atoms. The zero-order valence-electron chi connectivity index (χ0n) is 23.5. The van der Waals surface area contributed by atoms with Crippen LogP contribution < -0.4 is 15.8 Å². The lowest BCUT2D eigenvalue weighted by atomic mass is 10.2. The molecule has 0 saturated carbocycles. The van der Waals surface area contributed by atoms with E-state index in [2.05, 4.69) is 15.3 Å². The van der Waals surface area contributed by atoms with Crippen LogP contribution in [0.15, 0.2) is 30.6 Å². The number of benzene rings is 1. The lowest BCUT2D eigenvalue weighted by Gasteiger charge is -2.11. The molecule has 3 aromatic heterocycles. The number of unbranched alkanes of at least 4 members (excludes halogenated alkanes) is 2. The third-order valence-electron chi connectivity index (χ3n) is 6.33. The maximum absolute atomic E-state index is 13.4. The van der Waals surface area contributed by atoms with Gasteiger partial charge in [0.25, 0.3) is 0 Å². The molecule has 0 aliphatic heterocycles. The summed E-state index contributed by atoms with van der Waals surface area (Å²) in [6.45, 7) is 7.66. The first-order valence-corrected chi connectivity index (χ1v) is 13.6. The molecular formula is C28H37N7O5.